The highest BCUT2D eigenvalue weighted by molar-refractivity contribution is 5.15. The molecule has 3 heteroatoms. The van der Waals surface area contributed by atoms with Crippen LogP contribution in [0.15, 0.2) is 60.7 Å². The fourth-order valence-corrected chi connectivity index (χ4v) is 2.52. The first kappa shape index (κ1) is 14.3. The Kier molecular flexibility index (Phi) is 5.00. The van der Waals surface area contributed by atoms with Gasteiger partial charge in [-0.25, -0.2) is 0 Å². The Morgan fingerprint density at radius 2 is 1.62 bits per heavy atom. The molecule has 1 fully saturated rings. The smallest absolute Gasteiger partial charge is 0.170 e. The largest absolute Gasteiger partial charge is 0.350 e. The van der Waals surface area contributed by atoms with Crippen LogP contribution in [0.5, 0.6) is 0 Å². The minimum atomic E-state index is -0.136. The number of nitrogens with zero attached hydrogens (tertiary/aromatic N) is 1. The van der Waals surface area contributed by atoms with E-state index < -0.39 is 0 Å². The van der Waals surface area contributed by atoms with E-state index in [1.54, 1.807) is 0 Å². The molecular weight excluding hydrogens is 262 g/mol. The molecule has 0 aromatic heterocycles. The molecule has 1 aliphatic rings. The minimum Gasteiger partial charge on any atom is -0.350 e. The average Bonchev–Trinajstić information content (AvgIpc) is 2.55. The Labute approximate surface area is 126 Å². The van der Waals surface area contributed by atoms with E-state index in [1.807, 2.05) is 18.2 Å². The lowest BCUT2D eigenvalue weighted by Crippen LogP contribution is -2.43. The summed E-state index contributed by atoms with van der Waals surface area (Å²) in [6.07, 6.45) is -0.136. The monoisotopic (exact) mass is 283 g/mol. The molecule has 0 N–H and O–H groups in total. The van der Waals surface area contributed by atoms with Gasteiger partial charge < -0.3 is 9.47 Å². The number of morpholine rings is 1. The number of rotatable bonds is 5. The van der Waals surface area contributed by atoms with E-state index in [1.165, 1.54) is 11.1 Å². The summed E-state index contributed by atoms with van der Waals surface area (Å²) >= 11 is 0. The molecule has 0 spiro atoms. The van der Waals surface area contributed by atoms with Crippen LogP contribution in [0.25, 0.3) is 0 Å². The maximum absolute atomic E-state index is 5.87. The van der Waals surface area contributed by atoms with Crippen LogP contribution in [0.2, 0.25) is 0 Å². The summed E-state index contributed by atoms with van der Waals surface area (Å²) in [6, 6.07) is 20.8. The third-order valence-electron chi connectivity index (χ3n) is 3.65. The van der Waals surface area contributed by atoms with Gasteiger partial charge in [-0.05, 0) is 11.1 Å². The molecule has 0 aliphatic carbocycles. The molecule has 0 bridgehead atoms. The fraction of sp³-hybridized carbons (Fsp3) is 0.333. The van der Waals surface area contributed by atoms with Crippen molar-refractivity contribution in [3.63, 3.8) is 0 Å². The van der Waals surface area contributed by atoms with Crippen molar-refractivity contribution in [1.29, 1.82) is 0 Å². The molecule has 2 aromatic rings. The van der Waals surface area contributed by atoms with Crippen LogP contribution < -0.4 is 0 Å². The summed E-state index contributed by atoms with van der Waals surface area (Å²) in [5, 5.41) is 0. The quantitative estimate of drug-likeness (QED) is 0.842. The van der Waals surface area contributed by atoms with Crippen molar-refractivity contribution in [1.82, 2.24) is 4.90 Å². The average molecular weight is 283 g/mol. The molecule has 0 amide bonds. The molecule has 1 unspecified atom stereocenters. The maximum atomic E-state index is 5.87. The second-order valence-corrected chi connectivity index (χ2v) is 5.32. The molecule has 0 saturated carbocycles. The van der Waals surface area contributed by atoms with Crippen molar-refractivity contribution >= 4 is 0 Å². The summed E-state index contributed by atoms with van der Waals surface area (Å²) in [5.41, 5.74) is 2.52. The SMILES string of the molecule is c1ccc(COC2CN(Cc3ccccc3)CCO2)cc1. The van der Waals surface area contributed by atoms with Crippen LogP contribution >= 0.6 is 0 Å². The van der Waals surface area contributed by atoms with Gasteiger partial charge in [0, 0.05) is 19.6 Å². The highest BCUT2D eigenvalue weighted by Gasteiger charge is 2.20. The third kappa shape index (κ3) is 4.39. The number of ether oxygens (including phenoxy) is 2. The van der Waals surface area contributed by atoms with Gasteiger partial charge in [-0.15, -0.1) is 0 Å². The zero-order valence-corrected chi connectivity index (χ0v) is 12.2. The standard InChI is InChI=1S/C18H21NO2/c1-3-7-16(8-4-1)13-19-11-12-20-18(14-19)21-15-17-9-5-2-6-10-17/h1-10,18H,11-15H2. The molecule has 3 rings (SSSR count). The Hall–Kier alpha value is -1.68. The first-order valence-electron chi connectivity index (χ1n) is 7.43. The van der Waals surface area contributed by atoms with E-state index in [9.17, 15) is 0 Å². The van der Waals surface area contributed by atoms with Gasteiger partial charge in [0.05, 0.1) is 13.2 Å². The van der Waals surface area contributed by atoms with Gasteiger partial charge in [0.25, 0.3) is 0 Å². The molecule has 1 aliphatic heterocycles. The van der Waals surface area contributed by atoms with Crippen LogP contribution in [0.4, 0.5) is 0 Å². The predicted octanol–water partition coefficient (Wildman–Crippen LogP) is 3.06. The summed E-state index contributed by atoms with van der Waals surface area (Å²) in [5.74, 6) is 0. The van der Waals surface area contributed by atoms with Crippen LogP contribution in [0.3, 0.4) is 0 Å². The van der Waals surface area contributed by atoms with E-state index in [0.717, 1.165) is 26.2 Å². The highest BCUT2D eigenvalue weighted by Crippen LogP contribution is 2.13. The molecule has 1 saturated heterocycles. The number of hydrogen-bond acceptors (Lipinski definition) is 3. The Morgan fingerprint density at radius 1 is 0.952 bits per heavy atom. The topological polar surface area (TPSA) is 21.7 Å². The summed E-state index contributed by atoms with van der Waals surface area (Å²) in [4.78, 5) is 2.38. The summed E-state index contributed by atoms with van der Waals surface area (Å²) < 4.78 is 11.6. The molecule has 3 nitrogen and oxygen atoms in total. The van der Waals surface area contributed by atoms with E-state index in [0.29, 0.717) is 6.61 Å². The lowest BCUT2D eigenvalue weighted by molar-refractivity contribution is -0.186. The number of hydrogen-bond donors (Lipinski definition) is 0. The van der Waals surface area contributed by atoms with E-state index in [-0.39, 0.29) is 6.29 Å². The van der Waals surface area contributed by atoms with E-state index in [4.69, 9.17) is 9.47 Å². The lowest BCUT2D eigenvalue weighted by Gasteiger charge is -2.32. The van der Waals surface area contributed by atoms with Crippen LogP contribution in [-0.4, -0.2) is 30.9 Å². The lowest BCUT2D eigenvalue weighted by atomic mass is 10.2. The van der Waals surface area contributed by atoms with E-state index in [2.05, 4.69) is 47.4 Å². The van der Waals surface area contributed by atoms with Crippen LogP contribution in [0.1, 0.15) is 11.1 Å². The highest BCUT2D eigenvalue weighted by atomic mass is 16.7. The molecule has 0 radical (unpaired) electrons. The first-order chi connectivity index (χ1) is 10.4. The third-order valence-corrected chi connectivity index (χ3v) is 3.65. The molecule has 1 heterocycles. The van der Waals surface area contributed by atoms with Crippen molar-refractivity contribution < 1.29 is 9.47 Å². The Bertz CT molecular complexity index is 529. The second-order valence-electron chi connectivity index (χ2n) is 5.32. The van der Waals surface area contributed by atoms with Crippen molar-refractivity contribution in [3.8, 4) is 0 Å². The van der Waals surface area contributed by atoms with Crippen LogP contribution in [-0.2, 0) is 22.6 Å². The number of benzene rings is 2. The van der Waals surface area contributed by atoms with Gasteiger partial charge in [-0.2, -0.15) is 0 Å². The summed E-state index contributed by atoms with van der Waals surface area (Å²) in [6.45, 7) is 4.06. The molecular formula is C18H21NO2. The van der Waals surface area contributed by atoms with Crippen molar-refractivity contribution in [2.75, 3.05) is 19.7 Å². The molecule has 1 atom stereocenters. The van der Waals surface area contributed by atoms with Crippen molar-refractivity contribution in [2.24, 2.45) is 0 Å². The second kappa shape index (κ2) is 7.36. The first-order valence-corrected chi connectivity index (χ1v) is 7.43. The van der Waals surface area contributed by atoms with Crippen LogP contribution in [0, 0.1) is 0 Å². The Balaban J connectivity index is 1.49. The maximum Gasteiger partial charge on any atom is 0.170 e. The van der Waals surface area contributed by atoms with E-state index >= 15 is 0 Å². The minimum absolute atomic E-state index is 0.136. The zero-order chi connectivity index (χ0) is 14.3. The van der Waals surface area contributed by atoms with Gasteiger partial charge >= 0.3 is 0 Å². The predicted molar refractivity (Wildman–Crippen MR) is 82.7 cm³/mol. The van der Waals surface area contributed by atoms with Gasteiger partial charge in [-0.3, -0.25) is 4.90 Å². The van der Waals surface area contributed by atoms with Gasteiger partial charge in [-0.1, -0.05) is 60.7 Å². The summed E-state index contributed by atoms with van der Waals surface area (Å²) in [7, 11) is 0. The molecule has 110 valence electrons. The fourth-order valence-electron chi connectivity index (χ4n) is 2.52. The Morgan fingerprint density at radius 3 is 2.33 bits per heavy atom. The van der Waals surface area contributed by atoms with Gasteiger partial charge in [0.15, 0.2) is 6.29 Å². The van der Waals surface area contributed by atoms with Crippen molar-refractivity contribution in [2.45, 2.75) is 19.4 Å². The van der Waals surface area contributed by atoms with Gasteiger partial charge in [0.2, 0.25) is 0 Å². The zero-order valence-electron chi connectivity index (χ0n) is 12.2. The molecule has 21 heavy (non-hydrogen) atoms. The van der Waals surface area contributed by atoms with Crippen molar-refractivity contribution in [3.05, 3.63) is 71.8 Å². The normalized spacial score (nSPS) is 19.5. The van der Waals surface area contributed by atoms with Gasteiger partial charge in [0.1, 0.15) is 0 Å². The molecule has 2 aromatic carbocycles.